The van der Waals surface area contributed by atoms with Gasteiger partial charge in [0, 0.05) is 0 Å². The first-order valence-corrected chi connectivity index (χ1v) is 6.99. The summed E-state index contributed by atoms with van der Waals surface area (Å²) in [5, 5.41) is 2.63. The minimum absolute atomic E-state index is 0.00364. The van der Waals surface area contributed by atoms with E-state index in [0.717, 1.165) is 11.3 Å². The highest BCUT2D eigenvalue weighted by molar-refractivity contribution is 6.09. The molecule has 0 fully saturated rings. The van der Waals surface area contributed by atoms with Crippen LogP contribution >= 0.6 is 0 Å². The maximum absolute atomic E-state index is 12.3. The van der Waals surface area contributed by atoms with Gasteiger partial charge in [-0.1, -0.05) is 24.3 Å². The third kappa shape index (κ3) is 2.65. The maximum atomic E-state index is 12.3. The Labute approximate surface area is 128 Å². The predicted molar refractivity (Wildman–Crippen MR) is 83.0 cm³/mol. The van der Waals surface area contributed by atoms with Gasteiger partial charge in [0.05, 0.1) is 31.5 Å². The summed E-state index contributed by atoms with van der Waals surface area (Å²) in [6.07, 6.45) is 0. The number of hydrogen-bond acceptors (Lipinski definition) is 3. The molecule has 1 N–H and O–H groups in total. The number of ether oxygens (including phenoxy) is 1. The van der Waals surface area contributed by atoms with Crippen molar-refractivity contribution in [1.82, 2.24) is 5.32 Å². The second-order valence-corrected chi connectivity index (χ2v) is 5.03. The van der Waals surface area contributed by atoms with Gasteiger partial charge in [0.2, 0.25) is 5.91 Å². The van der Waals surface area contributed by atoms with Gasteiger partial charge in [0.25, 0.3) is 5.91 Å². The molecular weight excluding hydrogens is 280 g/mol. The summed E-state index contributed by atoms with van der Waals surface area (Å²) in [5.74, 6) is 0.415. The fourth-order valence-corrected chi connectivity index (χ4v) is 2.47. The van der Waals surface area contributed by atoms with Gasteiger partial charge in [-0.15, -0.1) is 0 Å². The van der Waals surface area contributed by atoms with Crippen molar-refractivity contribution in [2.45, 2.75) is 6.54 Å². The maximum Gasteiger partial charge on any atom is 0.253 e. The van der Waals surface area contributed by atoms with Crippen molar-refractivity contribution in [3.63, 3.8) is 0 Å². The summed E-state index contributed by atoms with van der Waals surface area (Å²) >= 11 is 0. The molecule has 2 aromatic carbocycles. The van der Waals surface area contributed by atoms with Crippen molar-refractivity contribution in [2.75, 3.05) is 18.6 Å². The highest BCUT2D eigenvalue weighted by atomic mass is 16.5. The summed E-state index contributed by atoms with van der Waals surface area (Å²) in [6, 6.07) is 14.7. The summed E-state index contributed by atoms with van der Waals surface area (Å²) in [6.45, 7) is 0.415. The molecule has 0 aliphatic carbocycles. The number of amides is 2. The van der Waals surface area contributed by atoms with Crippen LogP contribution in [-0.2, 0) is 11.3 Å². The molecule has 0 unspecified atom stereocenters. The van der Waals surface area contributed by atoms with Gasteiger partial charge in [0.1, 0.15) is 5.75 Å². The Morgan fingerprint density at radius 3 is 2.55 bits per heavy atom. The molecule has 0 bridgehead atoms. The summed E-state index contributed by atoms with van der Waals surface area (Å²) in [5.41, 5.74) is 2.12. The van der Waals surface area contributed by atoms with E-state index < -0.39 is 0 Å². The Morgan fingerprint density at radius 2 is 1.82 bits per heavy atom. The molecule has 0 saturated carbocycles. The van der Waals surface area contributed by atoms with E-state index in [0.29, 0.717) is 17.8 Å². The fourth-order valence-electron chi connectivity index (χ4n) is 2.47. The van der Waals surface area contributed by atoms with Crippen LogP contribution in [0.15, 0.2) is 48.5 Å². The second-order valence-electron chi connectivity index (χ2n) is 5.03. The molecular formula is C17H16N2O3. The molecule has 5 heteroatoms. The van der Waals surface area contributed by atoms with Crippen molar-refractivity contribution < 1.29 is 14.3 Å². The molecule has 3 rings (SSSR count). The van der Waals surface area contributed by atoms with E-state index in [1.54, 1.807) is 30.2 Å². The minimum atomic E-state index is -0.221. The van der Waals surface area contributed by atoms with Crippen molar-refractivity contribution in [3.05, 3.63) is 59.7 Å². The Bertz CT molecular complexity index is 710. The average molecular weight is 296 g/mol. The molecule has 0 saturated heterocycles. The number of nitrogens with zero attached hydrogens (tertiary/aromatic N) is 1. The van der Waals surface area contributed by atoms with Crippen molar-refractivity contribution in [2.24, 2.45) is 0 Å². The topological polar surface area (TPSA) is 58.6 Å². The van der Waals surface area contributed by atoms with Crippen LogP contribution in [0, 0.1) is 0 Å². The van der Waals surface area contributed by atoms with Crippen LogP contribution in [0.3, 0.4) is 0 Å². The SMILES string of the molecule is COc1ccc(CN2C(=O)CNC(=O)c3ccccc32)cc1. The number of carbonyl (C=O) groups is 2. The number of carbonyl (C=O) groups excluding carboxylic acids is 2. The number of hydrogen-bond donors (Lipinski definition) is 1. The Balaban J connectivity index is 1.94. The third-order valence-electron chi connectivity index (χ3n) is 3.64. The quantitative estimate of drug-likeness (QED) is 0.942. The summed E-state index contributed by atoms with van der Waals surface area (Å²) < 4.78 is 5.14. The van der Waals surface area contributed by atoms with E-state index in [-0.39, 0.29) is 18.4 Å². The van der Waals surface area contributed by atoms with Crippen LogP contribution in [0.5, 0.6) is 5.75 Å². The lowest BCUT2D eigenvalue weighted by molar-refractivity contribution is -0.117. The van der Waals surface area contributed by atoms with Crippen LogP contribution in [0.4, 0.5) is 5.69 Å². The lowest BCUT2D eigenvalue weighted by Gasteiger charge is -2.22. The molecule has 2 amide bonds. The van der Waals surface area contributed by atoms with Gasteiger partial charge in [-0.25, -0.2) is 0 Å². The Hall–Kier alpha value is -2.82. The smallest absolute Gasteiger partial charge is 0.253 e. The number of fused-ring (bicyclic) bond motifs is 1. The molecule has 5 nitrogen and oxygen atoms in total. The van der Waals surface area contributed by atoms with Crippen LogP contribution in [-0.4, -0.2) is 25.5 Å². The van der Waals surface area contributed by atoms with E-state index in [9.17, 15) is 9.59 Å². The van der Waals surface area contributed by atoms with E-state index in [1.165, 1.54) is 0 Å². The van der Waals surface area contributed by atoms with Crippen molar-refractivity contribution >= 4 is 17.5 Å². The van der Waals surface area contributed by atoms with Gasteiger partial charge in [0.15, 0.2) is 0 Å². The van der Waals surface area contributed by atoms with Gasteiger partial charge in [-0.3, -0.25) is 9.59 Å². The average Bonchev–Trinajstić information content (AvgIpc) is 2.68. The number of nitrogens with one attached hydrogen (secondary N) is 1. The molecule has 0 atom stereocenters. The zero-order valence-corrected chi connectivity index (χ0v) is 12.2. The molecule has 1 heterocycles. The van der Waals surface area contributed by atoms with E-state index >= 15 is 0 Å². The standard InChI is InChI=1S/C17H16N2O3/c1-22-13-8-6-12(7-9-13)11-19-15-5-3-2-4-14(15)17(21)18-10-16(19)20/h2-9H,10-11H2,1H3,(H,18,21). The molecule has 0 radical (unpaired) electrons. The molecule has 1 aliphatic rings. The molecule has 112 valence electrons. The van der Waals surface area contributed by atoms with Crippen LogP contribution < -0.4 is 15.0 Å². The third-order valence-corrected chi connectivity index (χ3v) is 3.64. The van der Waals surface area contributed by atoms with E-state index in [4.69, 9.17) is 4.74 Å². The van der Waals surface area contributed by atoms with E-state index in [2.05, 4.69) is 5.32 Å². The van der Waals surface area contributed by atoms with Gasteiger partial charge < -0.3 is 15.0 Å². The largest absolute Gasteiger partial charge is 0.497 e. The first kappa shape index (κ1) is 14.1. The number of benzene rings is 2. The van der Waals surface area contributed by atoms with Crippen LogP contribution in [0.1, 0.15) is 15.9 Å². The fraction of sp³-hybridized carbons (Fsp3) is 0.176. The zero-order valence-electron chi connectivity index (χ0n) is 12.2. The highest BCUT2D eigenvalue weighted by Crippen LogP contribution is 2.25. The summed E-state index contributed by atoms with van der Waals surface area (Å²) in [4.78, 5) is 26.0. The Morgan fingerprint density at radius 1 is 1.09 bits per heavy atom. The molecule has 0 spiro atoms. The molecule has 0 aromatic heterocycles. The number of rotatable bonds is 3. The normalized spacial score (nSPS) is 14.1. The van der Waals surface area contributed by atoms with Crippen molar-refractivity contribution in [1.29, 1.82) is 0 Å². The minimum Gasteiger partial charge on any atom is -0.497 e. The van der Waals surface area contributed by atoms with Crippen molar-refractivity contribution in [3.8, 4) is 5.75 Å². The summed E-state index contributed by atoms with van der Waals surface area (Å²) in [7, 11) is 1.61. The van der Waals surface area contributed by atoms with Gasteiger partial charge in [-0.05, 0) is 29.8 Å². The molecule has 22 heavy (non-hydrogen) atoms. The number of anilines is 1. The van der Waals surface area contributed by atoms with Crippen LogP contribution in [0.25, 0.3) is 0 Å². The van der Waals surface area contributed by atoms with Gasteiger partial charge in [-0.2, -0.15) is 0 Å². The first-order chi connectivity index (χ1) is 10.7. The molecule has 2 aromatic rings. The van der Waals surface area contributed by atoms with Crippen LogP contribution in [0.2, 0.25) is 0 Å². The Kier molecular flexibility index (Phi) is 3.78. The second kappa shape index (κ2) is 5.89. The highest BCUT2D eigenvalue weighted by Gasteiger charge is 2.25. The number of methoxy groups -OCH3 is 1. The lowest BCUT2D eigenvalue weighted by atomic mass is 10.1. The number of para-hydroxylation sites is 1. The lowest BCUT2D eigenvalue weighted by Crippen LogP contribution is -2.36. The predicted octanol–water partition coefficient (Wildman–Crippen LogP) is 1.97. The molecule has 1 aliphatic heterocycles. The van der Waals surface area contributed by atoms with E-state index in [1.807, 2.05) is 30.3 Å². The zero-order chi connectivity index (χ0) is 15.5. The monoisotopic (exact) mass is 296 g/mol. The first-order valence-electron chi connectivity index (χ1n) is 6.99. The van der Waals surface area contributed by atoms with Gasteiger partial charge >= 0.3 is 0 Å².